The molecule has 0 fully saturated rings. The summed E-state index contributed by atoms with van der Waals surface area (Å²) in [6.07, 6.45) is 7.93. The van der Waals surface area contributed by atoms with Gasteiger partial charge < -0.3 is 15.0 Å². The average molecular weight is 413 g/mol. The molecule has 8 heteroatoms. The Morgan fingerprint density at radius 2 is 1.71 bits per heavy atom. The number of hydrogen-bond acceptors (Lipinski definition) is 8. The molecule has 1 aromatic carbocycles. The second-order valence-corrected chi connectivity index (χ2v) is 6.77. The second kappa shape index (κ2) is 9.62. The Morgan fingerprint density at radius 3 is 2.52 bits per heavy atom. The number of aromatic nitrogens is 5. The van der Waals surface area contributed by atoms with Gasteiger partial charge >= 0.3 is 0 Å². The van der Waals surface area contributed by atoms with Gasteiger partial charge in [-0.15, -0.1) is 0 Å². The van der Waals surface area contributed by atoms with Crippen LogP contribution in [0.4, 0.5) is 17.6 Å². The second-order valence-electron chi connectivity index (χ2n) is 6.77. The van der Waals surface area contributed by atoms with E-state index in [0.29, 0.717) is 18.3 Å². The zero-order valence-corrected chi connectivity index (χ0v) is 17.4. The van der Waals surface area contributed by atoms with E-state index < -0.39 is 0 Å². The largest absolute Gasteiger partial charge is 0.496 e. The Balaban J connectivity index is 1.49. The smallest absolute Gasteiger partial charge is 0.224 e. The molecule has 0 radical (unpaired) electrons. The molecule has 4 rings (SSSR count). The molecule has 0 spiro atoms. The maximum absolute atomic E-state index is 5.44. The lowest BCUT2D eigenvalue weighted by Crippen LogP contribution is -2.15. The molecule has 0 aliphatic heterocycles. The first-order valence-corrected chi connectivity index (χ1v) is 9.90. The molecule has 1 N–H and O–H groups in total. The van der Waals surface area contributed by atoms with Crippen LogP contribution in [0.3, 0.4) is 0 Å². The molecular weight excluding hydrogens is 390 g/mol. The van der Waals surface area contributed by atoms with E-state index in [9.17, 15) is 0 Å². The predicted octanol–water partition coefficient (Wildman–Crippen LogP) is 3.76. The molecule has 0 unspecified atom stereocenters. The fraction of sp³-hybridized carbons (Fsp3) is 0.174. The molecular formula is C23H23N7O. The highest BCUT2D eigenvalue weighted by molar-refractivity contribution is 5.66. The number of methoxy groups -OCH3 is 1. The van der Waals surface area contributed by atoms with Gasteiger partial charge in [0.2, 0.25) is 5.95 Å². The third kappa shape index (κ3) is 4.92. The summed E-state index contributed by atoms with van der Waals surface area (Å²) in [6.45, 7) is 0.713. The summed E-state index contributed by atoms with van der Waals surface area (Å²) < 4.78 is 5.44. The van der Waals surface area contributed by atoms with Crippen LogP contribution in [0, 0.1) is 0 Å². The summed E-state index contributed by atoms with van der Waals surface area (Å²) in [5.74, 6) is 3.32. The number of rotatable bonds is 8. The lowest BCUT2D eigenvalue weighted by Gasteiger charge is -2.18. The van der Waals surface area contributed by atoms with Crippen molar-refractivity contribution >= 4 is 17.6 Å². The summed E-state index contributed by atoms with van der Waals surface area (Å²) in [7, 11) is 3.55. The van der Waals surface area contributed by atoms with Crippen molar-refractivity contribution in [2.24, 2.45) is 0 Å². The SMILES string of the molecule is COc1ccccc1-c1nccc(N(C)c2ccnc(NCCc3cccnc3)n2)n1. The molecule has 4 aromatic rings. The topological polar surface area (TPSA) is 89.0 Å². The molecule has 31 heavy (non-hydrogen) atoms. The summed E-state index contributed by atoms with van der Waals surface area (Å²) in [5, 5.41) is 3.27. The van der Waals surface area contributed by atoms with Gasteiger partial charge in [0.15, 0.2) is 5.82 Å². The van der Waals surface area contributed by atoms with E-state index in [2.05, 4.69) is 25.3 Å². The first-order valence-electron chi connectivity index (χ1n) is 9.90. The third-order valence-electron chi connectivity index (χ3n) is 4.74. The molecule has 0 amide bonds. The van der Waals surface area contributed by atoms with E-state index in [1.165, 1.54) is 0 Å². The standard InChI is InChI=1S/C23H23N7O/c1-30(20-10-14-25-22(28-20)18-7-3-4-8-19(18)31-2)21-11-15-27-23(29-21)26-13-9-17-6-5-12-24-16-17/h3-8,10-12,14-16H,9,13H2,1-2H3,(H,26,27,29). The number of benzene rings is 1. The minimum absolute atomic E-state index is 0.562. The lowest BCUT2D eigenvalue weighted by molar-refractivity contribution is 0.416. The summed E-state index contributed by atoms with van der Waals surface area (Å²) >= 11 is 0. The van der Waals surface area contributed by atoms with Crippen molar-refractivity contribution in [1.82, 2.24) is 24.9 Å². The van der Waals surface area contributed by atoms with Crippen LogP contribution in [0.5, 0.6) is 5.75 Å². The fourth-order valence-corrected chi connectivity index (χ4v) is 3.10. The van der Waals surface area contributed by atoms with E-state index in [4.69, 9.17) is 9.72 Å². The van der Waals surface area contributed by atoms with Crippen LogP contribution in [0.2, 0.25) is 0 Å². The monoisotopic (exact) mass is 413 g/mol. The molecule has 3 aromatic heterocycles. The molecule has 156 valence electrons. The van der Waals surface area contributed by atoms with E-state index in [1.807, 2.05) is 66.7 Å². The van der Waals surface area contributed by atoms with E-state index in [1.54, 1.807) is 25.7 Å². The number of nitrogens with one attached hydrogen (secondary N) is 1. The first kappa shape index (κ1) is 20.2. The number of anilines is 3. The van der Waals surface area contributed by atoms with E-state index in [0.717, 1.165) is 34.9 Å². The molecule has 0 saturated heterocycles. The van der Waals surface area contributed by atoms with Crippen LogP contribution in [-0.4, -0.2) is 45.6 Å². The molecule has 0 aliphatic carbocycles. The summed E-state index contributed by atoms with van der Waals surface area (Å²) in [4.78, 5) is 24.1. The van der Waals surface area contributed by atoms with Crippen molar-refractivity contribution in [3.63, 3.8) is 0 Å². The van der Waals surface area contributed by atoms with Gasteiger partial charge in [-0.1, -0.05) is 18.2 Å². The van der Waals surface area contributed by atoms with Crippen molar-refractivity contribution in [3.05, 3.63) is 78.9 Å². The van der Waals surface area contributed by atoms with Gasteiger partial charge in [0.25, 0.3) is 0 Å². The van der Waals surface area contributed by atoms with Crippen molar-refractivity contribution in [2.75, 3.05) is 30.9 Å². The maximum Gasteiger partial charge on any atom is 0.224 e. The first-order chi connectivity index (χ1) is 15.2. The lowest BCUT2D eigenvalue weighted by atomic mass is 10.2. The van der Waals surface area contributed by atoms with Crippen molar-refractivity contribution in [3.8, 4) is 17.1 Å². The minimum atomic E-state index is 0.562. The summed E-state index contributed by atoms with van der Waals surface area (Å²) in [6, 6.07) is 15.4. The van der Waals surface area contributed by atoms with E-state index in [-0.39, 0.29) is 0 Å². The highest BCUT2D eigenvalue weighted by Crippen LogP contribution is 2.28. The normalized spacial score (nSPS) is 10.5. The van der Waals surface area contributed by atoms with Gasteiger partial charge in [-0.3, -0.25) is 4.98 Å². The Hall–Kier alpha value is -4.07. The quantitative estimate of drug-likeness (QED) is 0.467. The zero-order chi connectivity index (χ0) is 21.5. The minimum Gasteiger partial charge on any atom is -0.496 e. The van der Waals surface area contributed by atoms with Gasteiger partial charge in [-0.2, -0.15) is 4.98 Å². The number of ether oxygens (including phenoxy) is 1. The van der Waals surface area contributed by atoms with Crippen molar-refractivity contribution < 1.29 is 4.74 Å². The third-order valence-corrected chi connectivity index (χ3v) is 4.74. The van der Waals surface area contributed by atoms with E-state index >= 15 is 0 Å². The molecule has 0 atom stereocenters. The van der Waals surface area contributed by atoms with Gasteiger partial charge in [-0.25, -0.2) is 15.0 Å². The highest BCUT2D eigenvalue weighted by Gasteiger charge is 2.13. The van der Waals surface area contributed by atoms with Crippen LogP contribution in [-0.2, 0) is 6.42 Å². The van der Waals surface area contributed by atoms with Crippen LogP contribution in [0.1, 0.15) is 5.56 Å². The van der Waals surface area contributed by atoms with Crippen molar-refractivity contribution in [1.29, 1.82) is 0 Å². The van der Waals surface area contributed by atoms with Crippen LogP contribution >= 0.6 is 0 Å². The Kier molecular flexibility index (Phi) is 6.27. The predicted molar refractivity (Wildman–Crippen MR) is 121 cm³/mol. The summed E-state index contributed by atoms with van der Waals surface area (Å²) in [5.41, 5.74) is 1.99. The van der Waals surface area contributed by atoms with Gasteiger partial charge in [-0.05, 0) is 42.3 Å². The number of pyridine rings is 1. The number of nitrogens with zero attached hydrogens (tertiary/aromatic N) is 6. The van der Waals surface area contributed by atoms with Crippen LogP contribution in [0.25, 0.3) is 11.4 Å². The van der Waals surface area contributed by atoms with Gasteiger partial charge in [0.05, 0.1) is 12.7 Å². The molecule has 3 heterocycles. The molecule has 0 aliphatic rings. The Morgan fingerprint density at radius 1 is 0.903 bits per heavy atom. The maximum atomic E-state index is 5.44. The van der Waals surface area contributed by atoms with Crippen molar-refractivity contribution in [2.45, 2.75) is 6.42 Å². The zero-order valence-electron chi connectivity index (χ0n) is 17.4. The fourth-order valence-electron chi connectivity index (χ4n) is 3.10. The Labute approximate surface area is 181 Å². The average Bonchev–Trinajstić information content (AvgIpc) is 2.84. The van der Waals surface area contributed by atoms with Crippen LogP contribution in [0.15, 0.2) is 73.3 Å². The molecule has 8 nitrogen and oxygen atoms in total. The number of hydrogen-bond donors (Lipinski definition) is 1. The highest BCUT2D eigenvalue weighted by atomic mass is 16.5. The van der Waals surface area contributed by atoms with Gasteiger partial charge in [0, 0.05) is 38.4 Å². The molecule has 0 bridgehead atoms. The number of para-hydroxylation sites is 1. The van der Waals surface area contributed by atoms with Crippen LogP contribution < -0.4 is 15.0 Å². The molecule has 0 saturated carbocycles. The van der Waals surface area contributed by atoms with Gasteiger partial charge in [0.1, 0.15) is 17.4 Å². The Bertz CT molecular complexity index is 1140.